The van der Waals surface area contributed by atoms with E-state index in [0.29, 0.717) is 39.0 Å². The van der Waals surface area contributed by atoms with Crippen LogP contribution < -0.4 is 0 Å². The molecule has 0 atom stereocenters. The van der Waals surface area contributed by atoms with E-state index in [-0.39, 0.29) is 78.4 Å². The van der Waals surface area contributed by atoms with E-state index in [1.807, 2.05) is 158 Å². The molecule has 2 heteroatoms. The summed E-state index contributed by atoms with van der Waals surface area (Å²) in [6, 6.07) is 56.2. The van der Waals surface area contributed by atoms with Crippen molar-refractivity contribution in [1.82, 2.24) is 0 Å². The van der Waals surface area contributed by atoms with Crippen LogP contribution >= 0.6 is 0 Å². The third kappa shape index (κ3) is 8.88. The molecule has 18 aromatic rings. The van der Waals surface area contributed by atoms with Crippen molar-refractivity contribution in [3.05, 3.63) is 339 Å². The predicted octanol–water partition coefficient (Wildman–Crippen LogP) is 25.1. The molecular weight excluding hydrogens is 1090 g/mol. The molecule has 2 nitrogen and oxygen atoms in total. The molecule has 420 valence electrons. The van der Waals surface area contributed by atoms with Crippen molar-refractivity contribution in [3.63, 3.8) is 0 Å². The van der Waals surface area contributed by atoms with Gasteiger partial charge < -0.3 is 8.83 Å². The third-order valence-electron chi connectivity index (χ3n) is 16.7. The molecule has 0 spiro atoms. The maximum absolute atomic E-state index is 9.25. The molecule has 0 aliphatic heterocycles. The molecule has 90 heavy (non-hydrogen) atoms. The van der Waals surface area contributed by atoms with E-state index in [0.717, 1.165) is 77.2 Å². The number of para-hydroxylation sites is 2. The lowest BCUT2D eigenvalue weighted by Gasteiger charge is -2.18. The van der Waals surface area contributed by atoms with E-state index in [2.05, 4.69) is 18.2 Å². The molecule has 2 heterocycles. The fraction of sp³-hybridized carbons (Fsp3) is 0. The molecule has 0 unspecified atom stereocenters. The van der Waals surface area contributed by atoms with Gasteiger partial charge in [0.1, 0.15) is 22.3 Å². The Morgan fingerprint density at radius 3 is 0.789 bits per heavy atom. The van der Waals surface area contributed by atoms with Crippen LogP contribution in [-0.2, 0) is 0 Å². The van der Waals surface area contributed by atoms with Crippen LogP contribution in [0.4, 0.5) is 0 Å². The highest BCUT2D eigenvalue weighted by atomic mass is 16.3. The smallest absolute Gasteiger partial charge is 0.136 e. The zero-order valence-corrected chi connectivity index (χ0v) is 47.5. The highest BCUT2D eigenvalue weighted by molar-refractivity contribution is 6.24. The number of benzene rings is 16. The van der Waals surface area contributed by atoms with Crippen molar-refractivity contribution in [3.8, 4) is 89.0 Å². The first-order valence-corrected chi connectivity index (χ1v) is 29.2. The molecule has 18 rings (SSSR count). The molecule has 0 fully saturated rings. The second-order valence-electron chi connectivity index (χ2n) is 21.7. The summed E-state index contributed by atoms with van der Waals surface area (Å²) in [4.78, 5) is 0. The Bertz CT molecular complexity index is 6850. The second-order valence-corrected chi connectivity index (χ2v) is 21.7. The fourth-order valence-electron chi connectivity index (χ4n) is 12.9. The average molecular weight is 1170 g/mol. The number of hydrogen-bond acceptors (Lipinski definition) is 2. The van der Waals surface area contributed by atoms with Gasteiger partial charge in [-0.05, 0) is 145 Å². The summed E-state index contributed by atoms with van der Waals surface area (Å²) >= 11 is 0. The van der Waals surface area contributed by atoms with Gasteiger partial charge >= 0.3 is 0 Å². The van der Waals surface area contributed by atoms with Gasteiger partial charge in [-0.2, -0.15) is 0 Å². The van der Waals surface area contributed by atoms with E-state index in [9.17, 15) is 8.22 Å². The molecular formula is C88H56O2. The number of rotatable bonds is 8. The van der Waals surface area contributed by atoms with Crippen molar-refractivity contribution in [2.75, 3.05) is 0 Å². The van der Waals surface area contributed by atoms with Crippen molar-refractivity contribution in [2.45, 2.75) is 0 Å². The average Bonchev–Trinajstić information content (AvgIpc) is 1.55. The lowest BCUT2D eigenvalue weighted by molar-refractivity contribution is 0.668. The zero-order chi connectivity index (χ0) is 77.8. The minimum Gasteiger partial charge on any atom is -0.456 e. The predicted molar refractivity (Wildman–Crippen MR) is 381 cm³/mol. The monoisotopic (exact) mass is 1170 g/mol. The first kappa shape index (κ1) is 35.1. The van der Waals surface area contributed by atoms with Gasteiger partial charge in [-0.3, -0.25) is 0 Å². The molecule has 0 bridgehead atoms. The Hall–Kier alpha value is -11.8. The van der Waals surface area contributed by atoms with Crippen LogP contribution in [0.15, 0.2) is 348 Å². The first-order chi connectivity index (χ1) is 53.4. The van der Waals surface area contributed by atoms with E-state index >= 15 is 0 Å². The van der Waals surface area contributed by atoms with Crippen molar-refractivity contribution in [2.24, 2.45) is 0 Å². The molecule has 0 aliphatic carbocycles. The van der Waals surface area contributed by atoms with Gasteiger partial charge in [0.15, 0.2) is 0 Å². The van der Waals surface area contributed by atoms with E-state index < -0.39 is 108 Å². The van der Waals surface area contributed by atoms with E-state index in [1.54, 1.807) is 36.4 Å². The summed E-state index contributed by atoms with van der Waals surface area (Å²) in [6.45, 7) is 0. The van der Waals surface area contributed by atoms with Crippen molar-refractivity contribution in [1.29, 1.82) is 0 Å². The van der Waals surface area contributed by atoms with Gasteiger partial charge in [-0.15, -0.1) is 0 Å². The Balaban J connectivity index is 0.000000162. The molecule has 0 saturated carbocycles. The van der Waals surface area contributed by atoms with Gasteiger partial charge in [0.25, 0.3) is 0 Å². The SMILES string of the molecule is [2H]c1c([2H])c([2H])c(-c2c3c([2H])c([2H])c([2H])c([2H])c3c(-c3ccc(-c4c(-c5ccccc5)ccc5oc6ccccc6c45)cc3)c3c([2H])c([2H])c([2H])c([2H])c23)c([2H])c1[2H].[2H]c1c([2H])c([2H])c2c(-c3ccc(-c4c(-c5ccccc5)ccc5oc6ccccc6c45)cc3)c3c([2H])c([2H])c([2H])c([2H])c3c(-c3ccccc3)c2c1[2H]. The quantitative estimate of drug-likeness (QED) is 0.142. The Labute approximate surface area is 550 Å². The maximum Gasteiger partial charge on any atom is 0.136 e. The van der Waals surface area contributed by atoms with E-state index in [4.69, 9.17) is 29.4 Å². The number of fused-ring (bicyclic) bond motifs is 10. The lowest BCUT2D eigenvalue weighted by atomic mass is 9.85. The summed E-state index contributed by atoms with van der Waals surface area (Å²) in [5.74, 6) is 0. The first-order valence-electron chi connectivity index (χ1n) is 39.7. The topological polar surface area (TPSA) is 26.3 Å². The second kappa shape index (κ2) is 22.1. The van der Waals surface area contributed by atoms with Crippen LogP contribution in [0, 0.1) is 0 Å². The highest BCUT2D eigenvalue weighted by Gasteiger charge is 2.23. The van der Waals surface area contributed by atoms with Crippen molar-refractivity contribution < 1.29 is 37.6 Å². The molecule has 16 aromatic carbocycles. The molecule has 0 N–H and O–H groups in total. The maximum atomic E-state index is 9.25. The lowest BCUT2D eigenvalue weighted by Crippen LogP contribution is -1.91. The van der Waals surface area contributed by atoms with Gasteiger partial charge in [0.2, 0.25) is 0 Å². The molecule has 0 amide bonds. The molecule has 0 radical (unpaired) electrons. The van der Waals surface area contributed by atoms with Gasteiger partial charge in [0.05, 0.1) is 28.8 Å². The summed E-state index contributed by atoms with van der Waals surface area (Å²) < 4.78 is 199. The molecule has 0 aliphatic rings. The molecule has 0 saturated heterocycles. The van der Waals surface area contributed by atoms with Gasteiger partial charge in [-0.1, -0.05) is 315 Å². The Morgan fingerprint density at radius 2 is 0.444 bits per heavy atom. The largest absolute Gasteiger partial charge is 0.456 e. The van der Waals surface area contributed by atoms with Crippen LogP contribution in [0.5, 0.6) is 0 Å². The summed E-state index contributed by atoms with van der Waals surface area (Å²) in [7, 11) is 0. The van der Waals surface area contributed by atoms with Gasteiger partial charge in [0, 0.05) is 32.7 Å². The van der Waals surface area contributed by atoms with Gasteiger partial charge in [-0.25, -0.2) is 0 Å². The fourth-order valence-corrected chi connectivity index (χ4v) is 12.9. The summed E-state index contributed by atoms with van der Waals surface area (Å²) in [6.07, 6.45) is 0. The van der Waals surface area contributed by atoms with Crippen LogP contribution in [0.25, 0.3) is 176 Å². The Morgan fingerprint density at radius 1 is 0.178 bits per heavy atom. The number of hydrogen-bond donors (Lipinski definition) is 0. The number of furan rings is 2. The summed E-state index contributed by atoms with van der Waals surface area (Å²) in [5, 5.41) is 3.72. The van der Waals surface area contributed by atoms with Crippen LogP contribution in [0.3, 0.4) is 0 Å². The minimum atomic E-state index is -0.714. The minimum absolute atomic E-state index is 0.0712. The van der Waals surface area contributed by atoms with Crippen molar-refractivity contribution >= 4 is 87.0 Å². The van der Waals surface area contributed by atoms with Crippen LogP contribution in [0.2, 0.25) is 0 Å². The third-order valence-corrected chi connectivity index (χ3v) is 16.7. The summed E-state index contributed by atoms with van der Waals surface area (Å²) in [5.41, 5.74) is 11.7. The Kier molecular flexibility index (Phi) is 8.63. The van der Waals surface area contributed by atoms with Crippen LogP contribution in [0.1, 0.15) is 28.8 Å². The standard InChI is InChI=1S/2C44H28O/c2*1-3-13-29(14-4-1)33-27-28-40-44(38-21-11-12-22-39(38)45-40)43(33)32-25-23-31(24-26-32)42-36-19-9-7-17-34(36)41(30-15-5-2-6-16-30)35-18-8-10-20-37(35)42/h2*1-28H/i2D,5D,6D,7D,8D,9D,10D,15D,16D,17D,18D,19D,20D;7D,8D,9D,10D,17D,18D,19D,20D. The highest BCUT2D eigenvalue weighted by Crippen LogP contribution is 2.49. The normalized spacial score (nSPS) is 14.8. The van der Waals surface area contributed by atoms with E-state index in [1.165, 1.54) is 0 Å². The van der Waals surface area contributed by atoms with Crippen LogP contribution in [-0.4, -0.2) is 0 Å². The zero-order valence-electron chi connectivity index (χ0n) is 68.5. The molecule has 2 aromatic heterocycles.